The van der Waals surface area contributed by atoms with Crippen LogP contribution in [0.1, 0.15) is 33.2 Å². The lowest BCUT2D eigenvalue weighted by atomic mass is 10.2. The van der Waals surface area contributed by atoms with Crippen LogP contribution in [0.4, 0.5) is 0 Å². The molecule has 2 rings (SSSR count). The van der Waals surface area contributed by atoms with Gasteiger partial charge >= 0.3 is 11.9 Å². The predicted molar refractivity (Wildman–Crippen MR) is 79.2 cm³/mol. The van der Waals surface area contributed by atoms with Crippen molar-refractivity contribution in [1.82, 2.24) is 0 Å². The molecule has 23 heavy (non-hydrogen) atoms. The Bertz CT molecular complexity index is 533. The number of rotatable bonds is 6. The fourth-order valence-electron chi connectivity index (χ4n) is 2.04. The van der Waals surface area contributed by atoms with E-state index in [1.54, 1.807) is 13.8 Å². The van der Waals surface area contributed by atoms with Crippen molar-refractivity contribution in [3.05, 3.63) is 9.75 Å². The smallest absolute Gasteiger partial charge is 0.352 e. The number of hydrogen-bond acceptors (Lipinski definition) is 9. The van der Waals surface area contributed by atoms with Crippen LogP contribution in [0.2, 0.25) is 0 Å². The molecule has 0 bridgehead atoms. The average Bonchev–Trinajstić information content (AvgIpc) is 2.92. The zero-order chi connectivity index (χ0) is 17.0. The van der Waals surface area contributed by atoms with E-state index in [0.717, 1.165) is 11.3 Å². The molecule has 0 amide bonds. The van der Waals surface area contributed by atoms with Gasteiger partial charge in [0.15, 0.2) is 33.5 Å². The van der Waals surface area contributed by atoms with Crippen LogP contribution >= 0.6 is 11.3 Å². The van der Waals surface area contributed by atoms with E-state index in [4.69, 9.17) is 18.9 Å². The second kappa shape index (κ2) is 7.62. The Labute approximate surface area is 136 Å². The number of esters is 2. The highest BCUT2D eigenvalue weighted by Crippen LogP contribution is 2.46. The number of hydrogen-bond donors (Lipinski definition) is 2. The highest BCUT2D eigenvalue weighted by Gasteiger charge is 2.39. The summed E-state index contributed by atoms with van der Waals surface area (Å²) in [6.45, 7) is 2.78. The largest absolute Gasteiger partial charge is 0.478 e. The van der Waals surface area contributed by atoms with E-state index < -0.39 is 37.4 Å². The van der Waals surface area contributed by atoms with Crippen molar-refractivity contribution in [1.29, 1.82) is 0 Å². The molecule has 0 radical (unpaired) electrons. The quantitative estimate of drug-likeness (QED) is 0.720. The summed E-state index contributed by atoms with van der Waals surface area (Å²) >= 11 is 0.834. The fourth-order valence-corrected chi connectivity index (χ4v) is 3.00. The van der Waals surface area contributed by atoms with Crippen molar-refractivity contribution in [2.24, 2.45) is 0 Å². The van der Waals surface area contributed by atoms with Crippen molar-refractivity contribution < 1.29 is 38.7 Å². The highest BCUT2D eigenvalue weighted by molar-refractivity contribution is 7.16. The number of aliphatic hydroxyl groups excluding tert-OH is 2. The molecule has 0 aromatic carbocycles. The molecule has 0 aliphatic carbocycles. The number of carbonyl (C=O) groups is 2. The molecule has 2 heterocycles. The van der Waals surface area contributed by atoms with Gasteiger partial charge in [0.25, 0.3) is 0 Å². The van der Waals surface area contributed by atoms with E-state index in [1.807, 2.05) is 0 Å². The molecule has 8 nitrogen and oxygen atoms in total. The Balaban J connectivity index is 2.47. The summed E-state index contributed by atoms with van der Waals surface area (Å²) in [5.74, 6) is -1.26. The van der Waals surface area contributed by atoms with Crippen molar-refractivity contribution in [3.8, 4) is 11.5 Å². The molecule has 2 N–H and O–H groups in total. The lowest BCUT2D eigenvalue weighted by Crippen LogP contribution is -2.44. The van der Waals surface area contributed by atoms with Gasteiger partial charge in [-0.25, -0.2) is 9.59 Å². The van der Waals surface area contributed by atoms with Crippen LogP contribution in [-0.2, 0) is 9.47 Å². The third kappa shape index (κ3) is 3.41. The molecule has 9 heteroatoms. The second-order valence-corrected chi connectivity index (χ2v) is 5.56. The number of aliphatic hydroxyl groups is 2. The van der Waals surface area contributed by atoms with Crippen molar-refractivity contribution >= 4 is 23.3 Å². The minimum absolute atomic E-state index is 0.0280. The number of thiophene rings is 1. The molecule has 0 fully saturated rings. The van der Waals surface area contributed by atoms with Gasteiger partial charge in [-0.15, -0.1) is 11.3 Å². The zero-order valence-electron chi connectivity index (χ0n) is 12.7. The molecule has 1 aromatic heterocycles. The predicted octanol–water partition coefficient (Wildman–Crippen LogP) is 0.595. The molecule has 0 saturated carbocycles. The van der Waals surface area contributed by atoms with Gasteiger partial charge in [-0.3, -0.25) is 0 Å². The van der Waals surface area contributed by atoms with Crippen molar-refractivity contribution in [2.75, 3.05) is 26.4 Å². The van der Waals surface area contributed by atoms with Crippen LogP contribution < -0.4 is 9.47 Å². The minimum Gasteiger partial charge on any atom is -0.478 e. The highest BCUT2D eigenvalue weighted by atomic mass is 32.1. The Morgan fingerprint density at radius 2 is 1.35 bits per heavy atom. The van der Waals surface area contributed by atoms with E-state index >= 15 is 0 Å². The number of carbonyl (C=O) groups excluding carboxylic acids is 2. The summed E-state index contributed by atoms with van der Waals surface area (Å²) in [4.78, 5) is 24.2. The lowest BCUT2D eigenvalue weighted by molar-refractivity contribution is -0.0356. The van der Waals surface area contributed by atoms with E-state index in [2.05, 4.69) is 0 Å². The van der Waals surface area contributed by atoms with E-state index in [0.29, 0.717) is 0 Å². The Morgan fingerprint density at radius 3 is 1.65 bits per heavy atom. The Hall–Kier alpha value is -1.84. The van der Waals surface area contributed by atoms with Gasteiger partial charge in [-0.1, -0.05) is 0 Å². The van der Waals surface area contributed by atoms with Crippen molar-refractivity contribution in [2.45, 2.75) is 26.1 Å². The summed E-state index contributed by atoms with van der Waals surface area (Å²) in [6, 6.07) is 0. The molecule has 0 spiro atoms. The summed E-state index contributed by atoms with van der Waals surface area (Å²) < 4.78 is 21.0. The molecule has 2 unspecified atom stereocenters. The van der Waals surface area contributed by atoms with Crippen molar-refractivity contribution in [3.63, 3.8) is 0 Å². The first-order valence-corrected chi connectivity index (χ1v) is 7.94. The lowest BCUT2D eigenvalue weighted by Gasteiger charge is -2.31. The average molecular weight is 346 g/mol. The standard InChI is InChI=1S/C14H18O8S/c1-3-19-13(17)11-9-10(12(23-11)14(18)20-4-2)22-8(6-16)7(5-15)21-9/h7-8,15-16H,3-6H2,1-2H3. The number of ether oxygens (including phenoxy) is 4. The van der Waals surface area contributed by atoms with Crippen LogP contribution in [0.5, 0.6) is 11.5 Å². The monoisotopic (exact) mass is 346 g/mol. The molecule has 0 saturated heterocycles. The van der Waals surface area contributed by atoms with Gasteiger partial charge in [-0.2, -0.15) is 0 Å². The van der Waals surface area contributed by atoms with Crippen LogP contribution in [0.15, 0.2) is 0 Å². The van der Waals surface area contributed by atoms with Crippen LogP contribution in [0, 0.1) is 0 Å². The maximum atomic E-state index is 12.0. The minimum atomic E-state index is -0.856. The Kier molecular flexibility index (Phi) is 5.80. The zero-order valence-corrected chi connectivity index (χ0v) is 13.6. The van der Waals surface area contributed by atoms with Gasteiger partial charge in [0.2, 0.25) is 0 Å². The molecule has 1 aromatic rings. The summed E-state index contributed by atoms with van der Waals surface area (Å²) in [5, 5.41) is 18.7. The maximum absolute atomic E-state index is 12.0. The summed E-state index contributed by atoms with van der Waals surface area (Å²) in [5.41, 5.74) is 0. The topological polar surface area (TPSA) is 112 Å². The van der Waals surface area contributed by atoms with Crippen LogP contribution in [-0.4, -0.2) is 60.8 Å². The SMILES string of the molecule is CCOC(=O)c1sc(C(=O)OCC)c2c1OC(CO)C(CO)O2. The second-order valence-electron chi connectivity index (χ2n) is 4.54. The third-order valence-corrected chi connectivity index (χ3v) is 4.17. The molecular weight excluding hydrogens is 328 g/mol. The summed E-state index contributed by atoms with van der Waals surface area (Å²) in [6.07, 6.45) is -1.71. The fraction of sp³-hybridized carbons (Fsp3) is 0.571. The van der Waals surface area contributed by atoms with Gasteiger partial charge in [0.1, 0.15) is 0 Å². The van der Waals surface area contributed by atoms with Gasteiger partial charge < -0.3 is 29.2 Å². The van der Waals surface area contributed by atoms with Crippen LogP contribution in [0.3, 0.4) is 0 Å². The molecule has 1 aliphatic heterocycles. The van der Waals surface area contributed by atoms with Crippen LogP contribution in [0.25, 0.3) is 0 Å². The van der Waals surface area contributed by atoms with Gasteiger partial charge in [0.05, 0.1) is 26.4 Å². The molecule has 1 aliphatic rings. The molecule has 2 atom stereocenters. The van der Waals surface area contributed by atoms with E-state index in [1.165, 1.54) is 0 Å². The van der Waals surface area contributed by atoms with E-state index in [-0.39, 0.29) is 34.5 Å². The van der Waals surface area contributed by atoms with Gasteiger partial charge in [0, 0.05) is 0 Å². The summed E-state index contributed by atoms with van der Waals surface area (Å²) in [7, 11) is 0. The molecule has 128 valence electrons. The first-order chi connectivity index (χ1) is 11.1. The molecular formula is C14H18O8S. The first kappa shape index (κ1) is 17.5. The van der Waals surface area contributed by atoms with E-state index in [9.17, 15) is 19.8 Å². The third-order valence-electron chi connectivity index (χ3n) is 3.06. The van der Waals surface area contributed by atoms with Gasteiger partial charge in [-0.05, 0) is 13.8 Å². The first-order valence-electron chi connectivity index (χ1n) is 7.13. The Morgan fingerprint density at radius 1 is 0.957 bits per heavy atom. The number of fused-ring (bicyclic) bond motifs is 1. The normalized spacial score (nSPS) is 19.3. The maximum Gasteiger partial charge on any atom is 0.352 e.